The van der Waals surface area contributed by atoms with Crippen LogP contribution in [0.25, 0.3) is 0 Å². The molecule has 1 nitrogen and oxygen atoms in total. The van der Waals surface area contributed by atoms with Crippen molar-refractivity contribution in [2.75, 3.05) is 12.8 Å². The van der Waals surface area contributed by atoms with Gasteiger partial charge in [-0.1, -0.05) is 29.8 Å². The van der Waals surface area contributed by atoms with E-state index in [0.717, 1.165) is 15.7 Å². The van der Waals surface area contributed by atoms with E-state index in [-0.39, 0.29) is 11.9 Å². The average Bonchev–Trinajstić information content (AvgIpc) is 2.43. The quantitative estimate of drug-likeness (QED) is 0.813. The average molecular weight is 296 g/mol. The van der Waals surface area contributed by atoms with Gasteiger partial charge in [0.25, 0.3) is 0 Å². The third-order valence-corrected chi connectivity index (χ3v) is 4.22. The summed E-state index contributed by atoms with van der Waals surface area (Å²) in [5.74, 6) is 0.595. The molecule has 4 heteroatoms. The van der Waals surface area contributed by atoms with E-state index in [9.17, 15) is 4.39 Å². The molecule has 0 radical (unpaired) electrons. The topological polar surface area (TPSA) is 12.0 Å². The summed E-state index contributed by atoms with van der Waals surface area (Å²) in [6.07, 6.45) is 0. The number of rotatable bonds is 5. The standard InChI is InChI=1S/C15H15ClFNS/c1-18-15(13-4-2-3-5-14(13)17)10-19-12-8-6-11(16)7-9-12/h2-9,15,18H,10H2,1H3. The lowest BCUT2D eigenvalue weighted by Crippen LogP contribution is -2.19. The molecule has 1 atom stereocenters. The van der Waals surface area contributed by atoms with Crippen LogP contribution in [0.2, 0.25) is 5.02 Å². The lowest BCUT2D eigenvalue weighted by Gasteiger charge is -2.17. The molecule has 0 saturated carbocycles. The molecule has 0 heterocycles. The van der Waals surface area contributed by atoms with E-state index in [1.165, 1.54) is 6.07 Å². The minimum absolute atomic E-state index is 0.0121. The molecule has 0 saturated heterocycles. The smallest absolute Gasteiger partial charge is 0.128 e. The Kier molecular flexibility index (Phi) is 5.25. The molecule has 0 aliphatic carbocycles. The molecule has 0 bridgehead atoms. The van der Waals surface area contributed by atoms with Gasteiger partial charge in [0.05, 0.1) is 0 Å². The fourth-order valence-corrected chi connectivity index (χ4v) is 2.96. The molecule has 2 aromatic carbocycles. The fourth-order valence-electron chi connectivity index (χ4n) is 1.80. The molecule has 19 heavy (non-hydrogen) atoms. The number of hydrogen-bond donors (Lipinski definition) is 1. The van der Waals surface area contributed by atoms with Crippen molar-refractivity contribution in [3.63, 3.8) is 0 Å². The largest absolute Gasteiger partial charge is 0.312 e. The van der Waals surface area contributed by atoms with E-state index in [2.05, 4.69) is 5.32 Å². The van der Waals surface area contributed by atoms with Crippen molar-refractivity contribution in [3.05, 3.63) is 64.9 Å². The lowest BCUT2D eigenvalue weighted by molar-refractivity contribution is 0.566. The van der Waals surface area contributed by atoms with E-state index in [1.807, 2.05) is 43.4 Å². The first-order chi connectivity index (χ1) is 9.20. The molecule has 2 aromatic rings. The minimum atomic E-state index is -0.168. The van der Waals surface area contributed by atoms with Crippen molar-refractivity contribution in [2.45, 2.75) is 10.9 Å². The highest BCUT2D eigenvalue weighted by Crippen LogP contribution is 2.26. The lowest BCUT2D eigenvalue weighted by atomic mass is 10.1. The Hall–Kier alpha value is -1.03. The van der Waals surface area contributed by atoms with Crippen LogP contribution in [0.3, 0.4) is 0 Å². The van der Waals surface area contributed by atoms with Gasteiger partial charge in [-0.3, -0.25) is 0 Å². The molecule has 0 amide bonds. The summed E-state index contributed by atoms with van der Waals surface area (Å²) in [6, 6.07) is 14.5. The van der Waals surface area contributed by atoms with Crippen molar-refractivity contribution < 1.29 is 4.39 Å². The molecule has 0 aliphatic heterocycles. The van der Waals surface area contributed by atoms with Gasteiger partial charge in [0.2, 0.25) is 0 Å². The number of halogens is 2. The summed E-state index contributed by atoms with van der Waals surface area (Å²) >= 11 is 7.52. The van der Waals surface area contributed by atoms with E-state index in [0.29, 0.717) is 5.56 Å². The van der Waals surface area contributed by atoms with Crippen molar-refractivity contribution in [3.8, 4) is 0 Å². The highest BCUT2D eigenvalue weighted by molar-refractivity contribution is 7.99. The second-order valence-electron chi connectivity index (χ2n) is 4.13. The van der Waals surface area contributed by atoms with Crippen molar-refractivity contribution in [2.24, 2.45) is 0 Å². The van der Waals surface area contributed by atoms with Gasteiger partial charge in [-0.05, 0) is 37.4 Å². The molecule has 0 fully saturated rings. The summed E-state index contributed by atoms with van der Waals surface area (Å²) in [5, 5.41) is 3.88. The molecule has 0 aliphatic rings. The third kappa shape index (κ3) is 3.96. The maximum atomic E-state index is 13.7. The van der Waals surface area contributed by atoms with Crippen LogP contribution >= 0.6 is 23.4 Å². The maximum absolute atomic E-state index is 13.7. The Morgan fingerprint density at radius 3 is 2.47 bits per heavy atom. The van der Waals surface area contributed by atoms with Crippen LogP contribution in [0.1, 0.15) is 11.6 Å². The van der Waals surface area contributed by atoms with Crippen LogP contribution in [-0.2, 0) is 0 Å². The molecule has 2 rings (SSSR count). The first-order valence-corrected chi connectivity index (χ1v) is 7.37. The van der Waals surface area contributed by atoms with Crippen molar-refractivity contribution in [1.29, 1.82) is 0 Å². The van der Waals surface area contributed by atoms with Crippen molar-refractivity contribution >= 4 is 23.4 Å². The number of benzene rings is 2. The SMILES string of the molecule is CNC(CSc1ccc(Cl)cc1)c1ccccc1F. The fraction of sp³-hybridized carbons (Fsp3) is 0.200. The highest BCUT2D eigenvalue weighted by Gasteiger charge is 2.13. The van der Waals surface area contributed by atoms with Gasteiger partial charge in [-0.2, -0.15) is 0 Å². The Morgan fingerprint density at radius 2 is 1.84 bits per heavy atom. The molecule has 100 valence electrons. The second-order valence-corrected chi connectivity index (χ2v) is 5.66. The summed E-state index contributed by atoms with van der Waals surface area (Å²) in [7, 11) is 1.85. The zero-order valence-corrected chi connectivity index (χ0v) is 12.1. The molecule has 0 spiro atoms. The van der Waals surface area contributed by atoms with Crippen molar-refractivity contribution in [1.82, 2.24) is 5.32 Å². The summed E-state index contributed by atoms with van der Waals surface area (Å²) in [6.45, 7) is 0. The van der Waals surface area contributed by atoms with Crippen LogP contribution in [0.5, 0.6) is 0 Å². The molecule has 0 aromatic heterocycles. The van der Waals surface area contributed by atoms with E-state index < -0.39 is 0 Å². The Balaban J connectivity index is 2.04. The van der Waals surface area contributed by atoms with Crippen LogP contribution in [0.4, 0.5) is 4.39 Å². The predicted molar refractivity (Wildman–Crippen MR) is 80.4 cm³/mol. The summed E-state index contributed by atoms with van der Waals surface area (Å²) < 4.78 is 13.7. The zero-order chi connectivity index (χ0) is 13.7. The van der Waals surface area contributed by atoms with Gasteiger partial charge >= 0.3 is 0 Å². The molecular formula is C15H15ClFNS. The zero-order valence-electron chi connectivity index (χ0n) is 10.6. The van der Waals surface area contributed by atoms with Gasteiger partial charge in [-0.15, -0.1) is 11.8 Å². The van der Waals surface area contributed by atoms with Gasteiger partial charge < -0.3 is 5.32 Å². The second kappa shape index (κ2) is 6.94. The number of nitrogens with one attached hydrogen (secondary N) is 1. The van der Waals surface area contributed by atoms with Gasteiger partial charge in [0.1, 0.15) is 5.82 Å². The first-order valence-electron chi connectivity index (χ1n) is 6.01. The van der Waals surface area contributed by atoms with E-state index >= 15 is 0 Å². The predicted octanol–water partition coefficient (Wildman–Crippen LogP) is 4.53. The summed E-state index contributed by atoms with van der Waals surface area (Å²) in [5.41, 5.74) is 0.700. The summed E-state index contributed by atoms with van der Waals surface area (Å²) in [4.78, 5) is 1.13. The van der Waals surface area contributed by atoms with Crippen LogP contribution in [-0.4, -0.2) is 12.8 Å². The minimum Gasteiger partial charge on any atom is -0.312 e. The van der Waals surface area contributed by atoms with Crippen LogP contribution in [0, 0.1) is 5.82 Å². The van der Waals surface area contributed by atoms with Gasteiger partial charge in [-0.25, -0.2) is 4.39 Å². The van der Waals surface area contributed by atoms with E-state index in [1.54, 1.807) is 17.8 Å². The number of thioether (sulfide) groups is 1. The Morgan fingerprint density at radius 1 is 1.16 bits per heavy atom. The van der Waals surface area contributed by atoms with Gasteiger partial charge in [0.15, 0.2) is 0 Å². The third-order valence-electron chi connectivity index (χ3n) is 2.86. The normalized spacial score (nSPS) is 12.4. The molecule has 1 unspecified atom stereocenters. The Labute approximate surface area is 122 Å². The van der Waals surface area contributed by atoms with Crippen LogP contribution < -0.4 is 5.32 Å². The van der Waals surface area contributed by atoms with E-state index in [4.69, 9.17) is 11.6 Å². The van der Waals surface area contributed by atoms with Crippen LogP contribution in [0.15, 0.2) is 53.4 Å². The molecular weight excluding hydrogens is 281 g/mol. The molecule has 1 N–H and O–H groups in total. The monoisotopic (exact) mass is 295 g/mol. The van der Waals surface area contributed by atoms with Gasteiger partial charge in [0, 0.05) is 27.3 Å². The first kappa shape index (κ1) is 14.4. The Bertz CT molecular complexity index is 530. The highest BCUT2D eigenvalue weighted by atomic mass is 35.5. The number of hydrogen-bond acceptors (Lipinski definition) is 2. The maximum Gasteiger partial charge on any atom is 0.128 e.